The van der Waals surface area contributed by atoms with Crippen LogP contribution in [0, 0.1) is 17.6 Å². The van der Waals surface area contributed by atoms with Crippen molar-refractivity contribution in [1.29, 1.82) is 0 Å². The van der Waals surface area contributed by atoms with Crippen LogP contribution in [0.2, 0.25) is 5.02 Å². The first kappa shape index (κ1) is 24.6. The second-order valence-corrected chi connectivity index (χ2v) is 9.75. The molecule has 176 valence electrons. The Balaban J connectivity index is 2.49. The second kappa shape index (κ2) is 9.09. The molecule has 1 amide bonds. The van der Waals surface area contributed by atoms with E-state index in [1.807, 2.05) is 13.8 Å². The Labute approximate surface area is 195 Å². The lowest BCUT2D eigenvalue weighted by molar-refractivity contribution is 0.0586. The lowest BCUT2D eigenvalue weighted by Crippen LogP contribution is -2.49. The quantitative estimate of drug-likeness (QED) is 0.476. The summed E-state index contributed by atoms with van der Waals surface area (Å²) in [5.41, 5.74) is -1.33. The third-order valence-electron chi connectivity index (χ3n) is 5.21. The summed E-state index contributed by atoms with van der Waals surface area (Å²) in [6, 6.07) is 6.57. The van der Waals surface area contributed by atoms with Gasteiger partial charge in [0.15, 0.2) is 0 Å². The highest BCUT2D eigenvalue weighted by Gasteiger charge is 2.37. The molecule has 3 rings (SSSR count). The molecule has 1 N–H and O–H groups in total. The third-order valence-corrected chi connectivity index (χ3v) is 5.53. The molecule has 0 saturated heterocycles. The molecule has 0 fully saturated rings. The van der Waals surface area contributed by atoms with Crippen molar-refractivity contribution in [2.24, 2.45) is 5.92 Å². The SMILES string of the molecule is CC(C)CC(c1nc2cccc(Cl)c2c(=O)n1-c1cc(F)cc(F)c1)N(C(=O)O)C(C)(C)C. The summed E-state index contributed by atoms with van der Waals surface area (Å²) in [7, 11) is 0. The minimum atomic E-state index is -1.20. The smallest absolute Gasteiger partial charge is 0.408 e. The fourth-order valence-corrected chi connectivity index (χ4v) is 4.26. The van der Waals surface area contributed by atoms with Crippen molar-refractivity contribution in [3.63, 3.8) is 0 Å². The van der Waals surface area contributed by atoms with E-state index in [4.69, 9.17) is 11.6 Å². The lowest BCUT2D eigenvalue weighted by Gasteiger charge is -2.40. The van der Waals surface area contributed by atoms with Gasteiger partial charge in [0, 0.05) is 11.6 Å². The molecule has 1 aromatic heterocycles. The van der Waals surface area contributed by atoms with Gasteiger partial charge in [-0.3, -0.25) is 14.3 Å². The Hall–Kier alpha value is -3.00. The Morgan fingerprint density at radius 3 is 2.30 bits per heavy atom. The van der Waals surface area contributed by atoms with E-state index in [1.165, 1.54) is 11.0 Å². The van der Waals surface area contributed by atoms with Gasteiger partial charge in [0.05, 0.1) is 27.7 Å². The summed E-state index contributed by atoms with van der Waals surface area (Å²) in [5.74, 6) is -1.68. The van der Waals surface area contributed by atoms with Crippen LogP contribution in [-0.2, 0) is 0 Å². The first-order chi connectivity index (χ1) is 15.3. The van der Waals surface area contributed by atoms with Gasteiger partial charge in [-0.15, -0.1) is 0 Å². The molecule has 0 spiro atoms. The number of rotatable bonds is 5. The topological polar surface area (TPSA) is 75.4 Å². The summed E-state index contributed by atoms with van der Waals surface area (Å²) >= 11 is 6.28. The zero-order valence-corrected chi connectivity index (χ0v) is 19.8. The molecule has 0 radical (unpaired) electrons. The van der Waals surface area contributed by atoms with E-state index in [-0.39, 0.29) is 33.4 Å². The molecule has 33 heavy (non-hydrogen) atoms. The third kappa shape index (κ3) is 5.00. The molecule has 0 bridgehead atoms. The van der Waals surface area contributed by atoms with Gasteiger partial charge < -0.3 is 5.11 Å². The van der Waals surface area contributed by atoms with Gasteiger partial charge in [-0.05, 0) is 57.4 Å². The molecule has 0 aliphatic heterocycles. The Morgan fingerprint density at radius 1 is 1.18 bits per heavy atom. The van der Waals surface area contributed by atoms with Crippen molar-refractivity contribution in [1.82, 2.24) is 14.5 Å². The fraction of sp³-hybridized carbons (Fsp3) is 0.375. The van der Waals surface area contributed by atoms with E-state index in [0.717, 1.165) is 16.7 Å². The zero-order chi connectivity index (χ0) is 24.7. The number of hydrogen-bond acceptors (Lipinski definition) is 3. The minimum absolute atomic E-state index is 0.0175. The first-order valence-electron chi connectivity index (χ1n) is 10.5. The van der Waals surface area contributed by atoms with Crippen molar-refractivity contribution in [3.05, 3.63) is 69.2 Å². The Kier molecular flexibility index (Phi) is 6.79. The van der Waals surface area contributed by atoms with Crippen molar-refractivity contribution in [2.75, 3.05) is 0 Å². The lowest BCUT2D eigenvalue weighted by atomic mass is 9.96. The maximum absolute atomic E-state index is 14.2. The number of carboxylic acid groups (broad SMARTS) is 1. The van der Waals surface area contributed by atoms with Crippen LogP contribution < -0.4 is 5.56 Å². The predicted octanol–water partition coefficient (Wildman–Crippen LogP) is 6.18. The van der Waals surface area contributed by atoms with Crippen LogP contribution in [-0.4, -0.2) is 31.2 Å². The largest absolute Gasteiger partial charge is 0.465 e. The van der Waals surface area contributed by atoms with Gasteiger partial charge >= 0.3 is 6.09 Å². The number of hydrogen-bond donors (Lipinski definition) is 1. The molecule has 3 aromatic rings. The summed E-state index contributed by atoms with van der Waals surface area (Å²) in [4.78, 5) is 31.9. The molecular formula is C24H26ClF2N3O3. The number of nitrogens with zero attached hydrogens (tertiary/aromatic N) is 3. The monoisotopic (exact) mass is 477 g/mol. The van der Waals surface area contributed by atoms with E-state index >= 15 is 0 Å². The highest BCUT2D eigenvalue weighted by molar-refractivity contribution is 6.35. The maximum atomic E-state index is 14.2. The van der Waals surface area contributed by atoms with E-state index in [1.54, 1.807) is 32.9 Å². The Bertz CT molecular complexity index is 1250. The predicted molar refractivity (Wildman–Crippen MR) is 124 cm³/mol. The zero-order valence-electron chi connectivity index (χ0n) is 19.1. The van der Waals surface area contributed by atoms with Gasteiger partial charge in [-0.25, -0.2) is 18.6 Å². The maximum Gasteiger partial charge on any atom is 0.408 e. The first-order valence-corrected chi connectivity index (χ1v) is 10.9. The number of carbonyl (C=O) groups is 1. The molecule has 1 heterocycles. The number of aromatic nitrogens is 2. The minimum Gasteiger partial charge on any atom is -0.465 e. The molecule has 6 nitrogen and oxygen atoms in total. The second-order valence-electron chi connectivity index (χ2n) is 9.34. The number of amides is 1. The highest BCUT2D eigenvalue weighted by atomic mass is 35.5. The number of fused-ring (bicyclic) bond motifs is 1. The molecule has 2 aromatic carbocycles. The van der Waals surface area contributed by atoms with Gasteiger partial charge in [0.2, 0.25) is 0 Å². The average molecular weight is 478 g/mol. The average Bonchev–Trinajstić information content (AvgIpc) is 2.64. The normalized spacial score (nSPS) is 12.9. The highest BCUT2D eigenvalue weighted by Crippen LogP contribution is 2.34. The van der Waals surface area contributed by atoms with Gasteiger partial charge in [0.25, 0.3) is 5.56 Å². The van der Waals surface area contributed by atoms with E-state index in [9.17, 15) is 23.5 Å². The molecule has 0 saturated carbocycles. The molecule has 1 atom stereocenters. The molecule has 9 heteroatoms. The van der Waals surface area contributed by atoms with Crippen LogP contribution in [0.3, 0.4) is 0 Å². The van der Waals surface area contributed by atoms with Crippen LogP contribution in [0.1, 0.15) is 52.9 Å². The molecular weight excluding hydrogens is 452 g/mol. The van der Waals surface area contributed by atoms with E-state index in [0.29, 0.717) is 12.5 Å². The van der Waals surface area contributed by atoms with Crippen LogP contribution in [0.4, 0.5) is 13.6 Å². The summed E-state index contributed by atoms with van der Waals surface area (Å²) in [6.45, 7) is 9.03. The van der Waals surface area contributed by atoms with Crippen molar-refractivity contribution >= 4 is 28.6 Å². The fourth-order valence-electron chi connectivity index (χ4n) is 4.01. The van der Waals surface area contributed by atoms with Gasteiger partial charge in [0.1, 0.15) is 17.5 Å². The number of benzene rings is 2. The van der Waals surface area contributed by atoms with Crippen LogP contribution in [0.15, 0.2) is 41.2 Å². The van der Waals surface area contributed by atoms with Crippen molar-refractivity contribution < 1.29 is 18.7 Å². The number of halogens is 3. The molecule has 0 aliphatic rings. The van der Waals surface area contributed by atoms with Crippen LogP contribution in [0.25, 0.3) is 16.6 Å². The van der Waals surface area contributed by atoms with Crippen LogP contribution in [0.5, 0.6) is 0 Å². The summed E-state index contributed by atoms with van der Waals surface area (Å²) in [5, 5.41) is 10.3. The molecule has 1 unspecified atom stereocenters. The van der Waals surface area contributed by atoms with E-state index < -0.39 is 34.9 Å². The van der Waals surface area contributed by atoms with Crippen molar-refractivity contribution in [2.45, 2.75) is 52.6 Å². The van der Waals surface area contributed by atoms with E-state index in [2.05, 4.69) is 4.98 Å². The standard InChI is InChI=1S/C24H26ClF2N3O3/c1-13(2)9-19(30(23(32)33)24(3,4)5)21-28-18-8-6-7-17(25)20(18)22(31)29(21)16-11-14(26)10-15(27)12-16/h6-8,10-13,19H,9H2,1-5H3,(H,32,33). The summed E-state index contributed by atoms with van der Waals surface area (Å²) in [6.07, 6.45) is -0.884. The van der Waals surface area contributed by atoms with Gasteiger partial charge in [-0.2, -0.15) is 0 Å². The van der Waals surface area contributed by atoms with Crippen molar-refractivity contribution in [3.8, 4) is 5.69 Å². The van der Waals surface area contributed by atoms with Gasteiger partial charge in [-0.1, -0.05) is 31.5 Å². The molecule has 0 aliphatic carbocycles. The summed E-state index contributed by atoms with van der Waals surface area (Å²) < 4.78 is 29.4. The van der Waals surface area contributed by atoms with Crippen LogP contribution >= 0.6 is 11.6 Å². The Morgan fingerprint density at radius 2 is 1.79 bits per heavy atom.